The SMILES string of the molecule is ClCCN(CCCl)[P@@]1OCCCN1CCc1ccccc1. The van der Waals surface area contributed by atoms with E-state index in [2.05, 4.69) is 39.7 Å². The highest BCUT2D eigenvalue weighted by Gasteiger charge is 2.29. The van der Waals surface area contributed by atoms with Crippen molar-refractivity contribution in [2.75, 3.05) is 44.5 Å². The molecule has 118 valence electrons. The molecule has 2 rings (SSSR count). The van der Waals surface area contributed by atoms with Crippen LogP contribution in [0, 0.1) is 0 Å². The predicted octanol–water partition coefficient (Wildman–Crippen LogP) is 3.96. The van der Waals surface area contributed by atoms with Crippen LogP contribution in [-0.2, 0) is 10.9 Å². The molecule has 0 bridgehead atoms. The van der Waals surface area contributed by atoms with Gasteiger partial charge in [0, 0.05) is 37.9 Å². The van der Waals surface area contributed by atoms with Crippen LogP contribution in [0.4, 0.5) is 0 Å². The highest BCUT2D eigenvalue weighted by molar-refractivity contribution is 7.47. The van der Waals surface area contributed by atoms with Gasteiger partial charge in [-0.1, -0.05) is 30.3 Å². The van der Waals surface area contributed by atoms with E-state index in [-0.39, 0.29) is 0 Å². The van der Waals surface area contributed by atoms with Crippen LogP contribution in [0.5, 0.6) is 0 Å². The van der Waals surface area contributed by atoms with Crippen molar-refractivity contribution in [3.8, 4) is 0 Å². The summed E-state index contributed by atoms with van der Waals surface area (Å²) < 4.78 is 10.8. The van der Waals surface area contributed by atoms with Crippen LogP contribution in [0.1, 0.15) is 12.0 Å². The number of rotatable bonds is 8. The minimum atomic E-state index is -0.709. The molecule has 0 N–H and O–H groups in total. The third-order valence-electron chi connectivity index (χ3n) is 3.44. The van der Waals surface area contributed by atoms with Gasteiger partial charge in [0.15, 0.2) is 8.45 Å². The van der Waals surface area contributed by atoms with Crippen LogP contribution >= 0.6 is 31.7 Å². The first-order chi connectivity index (χ1) is 10.3. The molecule has 3 nitrogen and oxygen atoms in total. The van der Waals surface area contributed by atoms with Crippen molar-refractivity contribution in [3.05, 3.63) is 35.9 Å². The van der Waals surface area contributed by atoms with Gasteiger partial charge < -0.3 is 4.52 Å². The Morgan fingerprint density at radius 1 is 1.14 bits per heavy atom. The van der Waals surface area contributed by atoms with Gasteiger partial charge in [-0.3, -0.25) is 0 Å². The Hall–Kier alpha value is 0.110. The number of hydrogen-bond donors (Lipinski definition) is 0. The molecule has 6 heteroatoms. The normalized spacial score (nSPS) is 20.0. The van der Waals surface area contributed by atoms with Crippen LogP contribution in [-0.4, -0.2) is 53.9 Å². The Morgan fingerprint density at radius 2 is 1.86 bits per heavy atom. The average Bonchev–Trinajstić information content (AvgIpc) is 2.54. The van der Waals surface area contributed by atoms with Crippen molar-refractivity contribution in [1.82, 2.24) is 9.34 Å². The lowest BCUT2D eigenvalue weighted by Gasteiger charge is -2.40. The predicted molar refractivity (Wildman–Crippen MR) is 92.2 cm³/mol. The zero-order valence-corrected chi connectivity index (χ0v) is 14.7. The summed E-state index contributed by atoms with van der Waals surface area (Å²) in [4.78, 5) is 0. The molecule has 1 aromatic carbocycles. The van der Waals surface area contributed by atoms with Crippen molar-refractivity contribution in [2.24, 2.45) is 0 Å². The second-order valence-corrected chi connectivity index (χ2v) is 7.61. The Bertz CT molecular complexity index is 391. The molecule has 1 heterocycles. The summed E-state index contributed by atoms with van der Waals surface area (Å²) in [7, 11) is -0.709. The Labute approximate surface area is 139 Å². The van der Waals surface area contributed by atoms with E-state index < -0.39 is 8.45 Å². The summed E-state index contributed by atoms with van der Waals surface area (Å²) in [5.74, 6) is 1.23. The lowest BCUT2D eigenvalue weighted by molar-refractivity contribution is 0.210. The van der Waals surface area contributed by atoms with Crippen molar-refractivity contribution in [2.45, 2.75) is 12.8 Å². The van der Waals surface area contributed by atoms with Gasteiger partial charge in [-0.05, 0) is 18.4 Å². The second-order valence-electron chi connectivity index (χ2n) is 4.96. The first kappa shape index (κ1) is 17.5. The fourth-order valence-electron chi connectivity index (χ4n) is 2.40. The first-order valence-electron chi connectivity index (χ1n) is 7.43. The molecule has 0 spiro atoms. The van der Waals surface area contributed by atoms with E-state index in [4.69, 9.17) is 27.7 Å². The van der Waals surface area contributed by atoms with Gasteiger partial charge in [-0.25, -0.2) is 9.34 Å². The minimum absolute atomic E-state index is 0.617. The van der Waals surface area contributed by atoms with Crippen LogP contribution in [0.3, 0.4) is 0 Å². The molecule has 0 amide bonds. The third kappa shape index (κ3) is 5.67. The third-order valence-corrected chi connectivity index (χ3v) is 5.96. The summed E-state index contributed by atoms with van der Waals surface area (Å²) in [6.45, 7) is 4.63. The van der Waals surface area contributed by atoms with Gasteiger partial charge in [0.2, 0.25) is 0 Å². The highest BCUT2D eigenvalue weighted by atomic mass is 35.5. The largest absolute Gasteiger partial charge is 0.331 e. The van der Waals surface area contributed by atoms with E-state index in [1.807, 2.05) is 0 Å². The maximum absolute atomic E-state index is 6.05. The van der Waals surface area contributed by atoms with Gasteiger partial charge >= 0.3 is 0 Å². The number of hydrogen-bond acceptors (Lipinski definition) is 3. The van der Waals surface area contributed by atoms with Gasteiger partial charge in [-0.15, -0.1) is 23.2 Å². The summed E-state index contributed by atoms with van der Waals surface area (Å²) in [5, 5.41) is 0. The number of nitrogens with zero attached hydrogens (tertiary/aromatic N) is 2. The smallest absolute Gasteiger partial charge is 0.188 e. The zero-order chi connectivity index (χ0) is 14.9. The highest BCUT2D eigenvalue weighted by Crippen LogP contribution is 2.47. The van der Waals surface area contributed by atoms with Crippen LogP contribution < -0.4 is 0 Å². The van der Waals surface area contributed by atoms with E-state index in [0.29, 0.717) is 11.8 Å². The van der Waals surface area contributed by atoms with Crippen LogP contribution in [0.15, 0.2) is 30.3 Å². The fourth-order valence-corrected chi connectivity index (χ4v) is 5.15. The summed E-state index contributed by atoms with van der Waals surface area (Å²) in [5.41, 5.74) is 1.37. The molecule has 0 radical (unpaired) electrons. The molecule has 1 atom stereocenters. The molecule has 0 aliphatic carbocycles. The van der Waals surface area contributed by atoms with Crippen LogP contribution in [0.2, 0.25) is 0 Å². The second kappa shape index (κ2) is 9.99. The molecular formula is C15H23Cl2N2OP. The van der Waals surface area contributed by atoms with E-state index in [1.54, 1.807) is 0 Å². The number of halogens is 2. The Kier molecular flexibility index (Phi) is 8.31. The van der Waals surface area contributed by atoms with Gasteiger partial charge in [0.25, 0.3) is 0 Å². The van der Waals surface area contributed by atoms with E-state index >= 15 is 0 Å². The Morgan fingerprint density at radius 3 is 2.52 bits per heavy atom. The van der Waals surface area contributed by atoms with E-state index in [0.717, 1.165) is 45.6 Å². The topological polar surface area (TPSA) is 15.7 Å². The van der Waals surface area contributed by atoms with Gasteiger partial charge in [0.05, 0.1) is 6.61 Å². The summed E-state index contributed by atoms with van der Waals surface area (Å²) >= 11 is 11.8. The molecule has 0 aromatic heterocycles. The molecule has 1 aliphatic rings. The molecular weight excluding hydrogens is 326 g/mol. The van der Waals surface area contributed by atoms with E-state index in [1.165, 1.54) is 5.56 Å². The van der Waals surface area contributed by atoms with E-state index in [9.17, 15) is 0 Å². The number of benzene rings is 1. The van der Waals surface area contributed by atoms with Crippen molar-refractivity contribution >= 4 is 31.7 Å². The van der Waals surface area contributed by atoms with Crippen molar-refractivity contribution in [3.63, 3.8) is 0 Å². The molecule has 0 unspecified atom stereocenters. The molecule has 1 fully saturated rings. The molecule has 1 saturated heterocycles. The van der Waals surface area contributed by atoms with Crippen molar-refractivity contribution < 1.29 is 4.52 Å². The lowest BCUT2D eigenvalue weighted by atomic mass is 10.1. The number of alkyl halides is 2. The minimum Gasteiger partial charge on any atom is -0.331 e. The maximum Gasteiger partial charge on any atom is 0.188 e. The zero-order valence-electron chi connectivity index (χ0n) is 12.3. The quantitative estimate of drug-likeness (QED) is 0.522. The van der Waals surface area contributed by atoms with Crippen molar-refractivity contribution in [1.29, 1.82) is 0 Å². The maximum atomic E-state index is 6.05. The molecule has 21 heavy (non-hydrogen) atoms. The van der Waals surface area contributed by atoms with Crippen LogP contribution in [0.25, 0.3) is 0 Å². The standard InChI is InChI=1S/C15H23Cl2N2OP/c16-8-12-19(13-9-17)21-18(10-4-14-20-21)11-7-15-5-2-1-3-6-15/h1-3,5-6H,4,7-14H2/t21-/m0/s1. The molecule has 1 aromatic rings. The average molecular weight is 349 g/mol. The molecule has 1 aliphatic heterocycles. The molecule has 0 saturated carbocycles. The summed E-state index contributed by atoms with van der Waals surface area (Å²) in [6, 6.07) is 10.6. The van der Waals surface area contributed by atoms with Gasteiger partial charge in [0.1, 0.15) is 0 Å². The Balaban J connectivity index is 1.93. The monoisotopic (exact) mass is 348 g/mol. The lowest BCUT2D eigenvalue weighted by Crippen LogP contribution is -2.37. The van der Waals surface area contributed by atoms with Gasteiger partial charge in [-0.2, -0.15) is 0 Å². The summed E-state index contributed by atoms with van der Waals surface area (Å²) in [6.07, 6.45) is 2.15. The fraction of sp³-hybridized carbons (Fsp3) is 0.600. The first-order valence-corrected chi connectivity index (χ1v) is 9.67.